The minimum absolute atomic E-state index is 0.108. The van der Waals surface area contributed by atoms with Gasteiger partial charge in [-0.05, 0) is 24.3 Å². The molecule has 44 heavy (non-hydrogen) atoms. The number of alkyl halides is 9. The van der Waals surface area contributed by atoms with Crippen LogP contribution in [0.25, 0.3) is 11.4 Å². The molecule has 1 fully saturated rings. The second-order valence-electron chi connectivity index (χ2n) is 9.68. The average molecular weight is 665 g/mol. The highest BCUT2D eigenvalue weighted by molar-refractivity contribution is 6.30. The number of carbonyl (C=O) groups excluding carboxylic acids is 1. The lowest BCUT2D eigenvalue weighted by atomic mass is 10.2. The van der Waals surface area contributed by atoms with Crippen LogP contribution in [0.1, 0.15) is 22.9 Å². The van der Waals surface area contributed by atoms with E-state index in [1.807, 2.05) is 0 Å². The van der Waals surface area contributed by atoms with Gasteiger partial charge in [-0.1, -0.05) is 11.6 Å². The molecule has 2 atom stereocenters. The van der Waals surface area contributed by atoms with Crippen molar-refractivity contribution in [1.82, 2.24) is 39.3 Å². The topological polar surface area (TPSA) is 123 Å². The van der Waals surface area contributed by atoms with E-state index in [1.54, 1.807) is 0 Å². The first-order chi connectivity index (χ1) is 20.3. The molecular formula is C23H22ClF9N8O3. The van der Waals surface area contributed by atoms with Gasteiger partial charge < -0.3 is 15.3 Å². The normalized spacial score (nSPS) is 17.2. The van der Waals surface area contributed by atoms with E-state index in [-0.39, 0.29) is 29.5 Å². The predicted octanol–water partition coefficient (Wildman–Crippen LogP) is 2.86. The van der Waals surface area contributed by atoms with Gasteiger partial charge in [0.15, 0.2) is 17.8 Å². The van der Waals surface area contributed by atoms with Crippen molar-refractivity contribution >= 4 is 17.5 Å². The maximum absolute atomic E-state index is 13.2. The molecule has 1 aliphatic rings. The van der Waals surface area contributed by atoms with Crippen LogP contribution in [0, 0.1) is 0 Å². The van der Waals surface area contributed by atoms with Gasteiger partial charge in [-0.25, -0.2) is 19.1 Å². The molecule has 0 aliphatic carbocycles. The molecule has 2 aromatic heterocycles. The van der Waals surface area contributed by atoms with Crippen molar-refractivity contribution in [3.63, 3.8) is 0 Å². The summed E-state index contributed by atoms with van der Waals surface area (Å²) in [6, 6.07) is 3.26. The van der Waals surface area contributed by atoms with Gasteiger partial charge in [-0.15, -0.1) is 5.10 Å². The van der Waals surface area contributed by atoms with Crippen LogP contribution in [-0.2, 0) is 19.6 Å². The highest BCUT2D eigenvalue weighted by Gasteiger charge is 2.44. The summed E-state index contributed by atoms with van der Waals surface area (Å²) in [6.45, 7) is -4.36. The molecule has 11 nitrogen and oxygen atoms in total. The first-order valence-corrected chi connectivity index (χ1v) is 13.0. The molecule has 0 saturated carbocycles. The lowest BCUT2D eigenvalue weighted by molar-refractivity contribution is -0.207. The summed E-state index contributed by atoms with van der Waals surface area (Å²) in [7, 11) is 0. The standard InChI is InChI=1S/C23H22ClF9N8O3/c24-13-3-1-12(2-4-13)17-37-41(20(44)39(17)10-15(42)23(31,32)33)11-16-35-18(40(36-16)7-5-21(25,26)27)19(43)38-8-6-34-14(9-38)22(28,29)30/h1-4,14-15,34,42H,5-11H2. The van der Waals surface area contributed by atoms with E-state index < -0.39 is 86.5 Å². The van der Waals surface area contributed by atoms with Gasteiger partial charge in [0.2, 0.25) is 5.82 Å². The lowest BCUT2D eigenvalue weighted by Crippen LogP contribution is -2.58. The molecule has 1 aliphatic heterocycles. The van der Waals surface area contributed by atoms with E-state index in [2.05, 4.69) is 20.5 Å². The highest BCUT2D eigenvalue weighted by Crippen LogP contribution is 2.26. The minimum atomic E-state index is -5.11. The number of nitrogens with one attached hydrogen (secondary N) is 1. The van der Waals surface area contributed by atoms with Crippen LogP contribution >= 0.6 is 11.6 Å². The maximum atomic E-state index is 13.2. The summed E-state index contributed by atoms with van der Waals surface area (Å²) in [5, 5.41) is 19.9. The van der Waals surface area contributed by atoms with Crippen molar-refractivity contribution in [1.29, 1.82) is 0 Å². The number of hydrogen-bond acceptors (Lipinski definition) is 7. The molecule has 2 unspecified atom stereocenters. The molecule has 1 saturated heterocycles. The number of aliphatic hydroxyl groups is 1. The second kappa shape index (κ2) is 12.4. The van der Waals surface area contributed by atoms with Crippen LogP contribution in [0.2, 0.25) is 5.02 Å². The molecule has 3 aromatic rings. The van der Waals surface area contributed by atoms with E-state index in [9.17, 15) is 54.2 Å². The monoisotopic (exact) mass is 664 g/mol. The summed E-state index contributed by atoms with van der Waals surface area (Å²) in [4.78, 5) is 30.9. The van der Waals surface area contributed by atoms with Crippen molar-refractivity contribution in [3.8, 4) is 11.4 Å². The number of hydrogen-bond donors (Lipinski definition) is 2. The number of halogens is 10. The summed E-state index contributed by atoms with van der Waals surface area (Å²) in [5.41, 5.74) is -1.09. The molecule has 21 heteroatoms. The fraction of sp³-hybridized carbons (Fsp3) is 0.522. The third-order valence-electron chi connectivity index (χ3n) is 6.42. The molecule has 4 rings (SSSR count). The lowest BCUT2D eigenvalue weighted by Gasteiger charge is -2.34. The van der Waals surface area contributed by atoms with Gasteiger partial charge >= 0.3 is 24.2 Å². The number of amides is 1. The molecule has 0 bridgehead atoms. The van der Waals surface area contributed by atoms with E-state index in [4.69, 9.17) is 11.6 Å². The average Bonchev–Trinajstić information content (AvgIpc) is 3.47. The Morgan fingerprint density at radius 1 is 1.05 bits per heavy atom. The first-order valence-electron chi connectivity index (χ1n) is 12.6. The van der Waals surface area contributed by atoms with Gasteiger partial charge in [-0.3, -0.25) is 9.36 Å². The summed E-state index contributed by atoms with van der Waals surface area (Å²) >= 11 is 5.85. The summed E-state index contributed by atoms with van der Waals surface area (Å²) in [6.07, 6.45) is -19.0. The Balaban J connectivity index is 1.70. The van der Waals surface area contributed by atoms with Gasteiger partial charge in [0.25, 0.3) is 5.91 Å². The quantitative estimate of drug-likeness (QED) is 0.355. The summed E-state index contributed by atoms with van der Waals surface area (Å²) in [5.74, 6) is -2.73. The predicted molar refractivity (Wildman–Crippen MR) is 133 cm³/mol. The van der Waals surface area contributed by atoms with Crippen LogP contribution in [0.3, 0.4) is 0 Å². The number of aryl methyl sites for hydroxylation is 1. The largest absolute Gasteiger partial charge is 0.416 e. The molecule has 3 heterocycles. The van der Waals surface area contributed by atoms with E-state index in [0.29, 0.717) is 13.9 Å². The van der Waals surface area contributed by atoms with Crippen LogP contribution in [0.5, 0.6) is 0 Å². The van der Waals surface area contributed by atoms with E-state index in [1.165, 1.54) is 24.3 Å². The van der Waals surface area contributed by atoms with Crippen molar-refractivity contribution in [2.45, 2.75) is 56.7 Å². The second-order valence-corrected chi connectivity index (χ2v) is 10.1. The van der Waals surface area contributed by atoms with Crippen LogP contribution in [0.4, 0.5) is 39.5 Å². The molecule has 0 spiro atoms. The Kier molecular flexibility index (Phi) is 9.36. The molecule has 242 valence electrons. The maximum Gasteiger partial charge on any atom is 0.416 e. The molecule has 0 radical (unpaired) electrons. The zero-order valence-electron chi connectivity index (χ0n) is 22.1. The molecular weight excluding hydrogens is 643 g/mol. The van der Waals surface area contributed by atoms with E-state index in [0.717, 1.165) is 4.90 Å². The highest BCUT2D eigenvalue weighted by atomic mass is 35.5. The van der Waals surface area contributed by atoms with Crippen molar-refractivity contribution in [2.75, 3.05) is 19.6 Å². The Bertz CT molecular complexity index is 1530. The summed E-state index contributed by atoms with van der Waals surface area (Å²) < 4.78 is 120. The third-order valence-corrected chi connectivity index (χ3v) is 6.67. The van der Waals surface area contributed by atoms with Gasteiger partial charge in [0.1, 0.15) is 12.6 Å². The number of benzene rings is 1. The zero-order valence-corrected chi connectivity index (χ0v) is 22.8. The van der Waals surface area contributed by atoms with Crippen molar-refractivity contribution in [2.24, 2.45) is 0 Å². The SMILES string of the molecule is O=C(c1nc(Cn2nc(-c3ccc(Cl)cc3)n(CC(O)C(F)(F)F)c2=O)nn1CCC(F)(F)F)N1CCNC(C(F)(F)F)C1. The van der Waals surface area contributed by atoms with E-state index >= 15 is 0 Å². The zero-order chi connectivity index (χ0) is 32.6. The Hall–Kier alpha value is -3.65. The fourth-order valence-corrected chi connectivity index (χ4v) is 4.36. The molecule has 1 amide bonds. The van der Waals surface area contributed by atoms with Crippen LogP contribution in [0.15, 0.2) is 29.1 Å². The van der Waals surface area contributed by atoms with Crippen LogP contribution < -0.4 is 11.0 Å². The first kappa shape index (κ1) is 33.2. The van der Waals surface area contributed by atoms with Gasteiger partial charge in [-0.2, -0.15) is 44.6 Å². The molecule has 1 aromatic carbocycles. The minimum Gasteiger partial charge on any atom is -0.382 e. The third kappa shape index (κ3) is 7.89. The Labute approximate surface area is 245 Å². The fourth-order valence-electron chi connectivity index (χ4n) is 4.23. The Morgan fingerprint density at radius 3 is 2.30 bits per heavy atom. The van der Waals surface area contributed by atoms with Crippen LogP contribution in [-0.4, -0.2) is 95.3 Å². The van der Waals surface area contributed by atoms with Gasteiger partial charge in [0, 0.05) is 30.2 Å². The van der Waals surface area contributed by atoms with Gasteiger partial charge in [0.05, 0.1) is 19.5 Å². The number of piperazine rings is 1. The molecule has 2 N–H and O–H groups in total. The Morgan fingerprint density at radius 2 is 1.70 bits per heavy atom. The number of aromatic nitrogens is 6. The number of carbonyl (C=O) groups is 1. The number of aliphatic hydroxyl groups excluding tert-OH is 1. The van der Waals surface area contributed by atoms with Crippen molar-refractivity contribution in [3.05, 3.63) is 51.4 Å². The smallest absolute Gasteiger partial charge is 0.382 e. The van der Waals surface area contributed by atoms with Crippen molar-refractivity contribution < 1.29 is 49.4 Å². The number of rotatable bonds is 8. The number of nitrogens with zero attached hydrogens (tertiary/aromatic N) is 7.